The molecule has 0 aliphatic rings. The number of rotatable bonds is 6. The maximum absolute atomic E-state index is 11.9. The van der Waals surface area contributed by atoms with Crippen LogP contribution in [0.25, 0.3) is 0 Å². The second kappa shape index (κ2) is 9.15. The number of nitrogens with zero attached hydrogens (tertiary/aromatic N) is 1. The van der Waals surface area contributed by atoms with Crippen LogP contribution in [0.15, 0.2) is 52.1 Å². The van der Waals surface area contributed by atoms with Gasteiger partial charge in [-0.05, 0) is 55.3 Å². The minimum Gasteiger partial charge on any atom is -0.385 e. The molecule has 136 valence electrons. The van der Waals surface area contributed by atoms with Gasteiger partial charge in [-0.3, -0.25) is 9.59 Å². The molecule has 2 amide bonds. The van der Waals surface area contributed by atoms with Crippen LogP contribution in [0.4, 0.5) is 11.4 Å². The minimum absolute atomic E-state index is 0.126. The zero-order valence-electron chi connectivity index (χ0n) is 14.8. The molecular formula is C19H20BrN3O3. The molecule has 0 radical (unpaired) electrons. The fraction of sp³-hybridized carbons (Fsp3) is 0.211. The first-order valence-electron chi connectivity index (χ1n) is 7.96. The van der Waals surface area contributed by atoms with E-state index in [1.54, 1.807) is 25.1 Å². The smallest absolute Gasteiger partial charge is 0.265 e. The third-order valence-corrected chi connectivity index (χ3v) is 4.35. The predicted octanol–water partition coefficient (Wildman–Crippen LogP) is 4.10. The zero-order chi connectivity index (χ0) is 19.1. The van der Waals surface area contributed by atoms with Gasteiger partial charge in [0.25, 0.3) is 5.91 Å². The number of hydrogen-bond donors (Lipinski definition) is 2. The summed E-state index contributed by atoms with van der Waals surface area (Å²) >= 11 is 3.42. The monoisotopic (exact) mass is 417 g/mol. The molecule has 0 aromatic heterocycles. The van der Waals surface area contributed by atoms with Crippen molar-refractivity contribution in [3.8, 4) is 0 Å². The highest BCUT2D eigenvalue weighted by molar-refractivity contribution is 9.10. The first-order chi connectivity index (χ1) is 12.3. The molecule has 7 heteroatoms. The number of anilines is 2. The third kappa shape index (κ3) is 6.00. The van der Waals surface area contributed by atoms with Gasteiger partial charge in [0.2, 0.25) is 5.91 Å². The molecule has 2 N–H and O–H groups in total. The number of halogens is 1. The quantitative estimate of drug-likeness (QED) is 0.548. The second-order valence-electron chi connectivity index (χ2n) is 5.72. The van der Waals surface area contributed by atoms with E-state index in [-0.39, 0.29) is 18.4 Å². The van der Waals surface area contributed by atoms with Gasteiger partial charge in [-0.25, -0.2) is 0 Å². The van der Waals surface area contributed by atoms with E-state index in [2.05, 4.69) is 31.7 Å². The van der Waals surface area contributed by atoms with Gasteiger partial charge in [0, 0.05) is 22.8 Å². The van der Waals surface area contributed by atoms with Crippen molar-refractivity contribution >= 4 is 44.8 Å². The fourth-order valence-corrected chi connectivity index (χ4v) is 2.40. The highest BCUT2D eigenvalue weighted by Crippen LogP contribution is 2.19. The highest BCUT2D eigenvalue weighted by Gasteiger charge is 2.05. The first-order valence-corrected chi connectivity index (χ1v) is 8.75. The summed E-state index contributed by atoms with van der Waals surface area (Å²) in [5, 5.41) is 9.41. The van der Waals surface area contributed by atoms with E-state index in [0.717, 1.165) is 15.6 Å². The predicted molar refractivity (Wildman–Crippen MR) is 106 cm³/mol. The number of carbonyl (C=O) groups is 2. The van der Waals surface area contributed by atoms with Crippen LogP contribution in [0.1, 0.15) is 25.0 Å². The third-order valence-electron chi connectivity index (χ3n) is 3.46. The molecule has 0 fully saturated rings. The van der Waals surface area contributed by atoms with Crippen LogP contribution in [0.3, 0.4) is 0 Å². The lowest BCUT2D eigenvalue weighted by Crippen LogP contribution is -2.17. The summed E-state index contributed by atoms with van der Waals surface area (Å²) < 4.78 is 0.983. The van der Waals surface area contributed by atoms with Crippen LogP contribution in [0, 0.1) is 6.92 Å². The van der Waals surface area contributed by atoms with Crippen LogP contribution in [0.5, 0.6) is 0 Å². The van der Waals surface area contributed by atoms with Crippen molar-refractivity contribution in [2.75, 3.05) is 17.2 Å². The van der Waals surface area contributed by atoms with Gasteiger partial charge in [-0.15, -0.1) is 0 Å². The number of amides is 2. The maximum Gasteiger partial charge on any atom is 0.265 e. The Balaban J connectivity index is 1.87. The van der Waals surface area contributed by atoms with Crippen LogP contribution < -0.4 is 10.6 Å². The Kier molecular flexibility index (Phi) is 6.91. The molecular weight excluding hydrogens is 398 g/mol. The lowest BCUT2D eigenvalue weighted by atomic mass is 10.1. The Hall–Kier alpha value is -2.67. The molecule has 0 aliphatic heterocycles. The molecule has 2 aromatic carbocycles. The van der Waals surface area contributed by atoms with Gasteiger partial charge in [0.1, 0.15) is 0 Å². The molecule has 2 rings (SSSR count). The molecule has 0 heterocycles. The van der Waals surface area contributed by atoms with Gasteiger partial charge in [-0.1, -0.05) is 33.2 Å². The van der Waals surface area contributed by atoms with Crippen molar-refractivity contribution < 1.29 is 14.4 Å². The van der Waals surface area contributed by atoms with Crippen molar-refractivity contribution in [2.45, 2.75) is 20.8 Å². The van der Waals surface area contributed by atoms with Gasteiger partial charge in [0.15, 0.2) is 6.61 Å². The SMILES string of the molecule is CC(=O)Nc1ccc(/C(C)=N/OCC(=O)Nc2ccc(Br)c(C)c2)cc1. The lowest BCUT2D eigenvalue weighted by molar-refractivity contribution is -0.120. The van der Waals surface area contributed by atoms with Gasteiger partial charge < -0.3 is 15.5 Å². The molecule has 0 unspecified atom stereocenters. The summed E-state index contributed by atoms with van der Waals surface area (Å²) in [7, 11) is 0. The molecule has 0 spiro atoms. The van der Waals surface area contributed by atoms with Crippen molar-refractivity contribution in [3.63, 3.8) is 0 Å². The summed E-state index contributed by atoms with van der Waals surface area (Å²) in [5.41, 5.74) is 3.91. The molecule has 0 saturated heterocycles. The number of benzene rings is 2. The topological polar surface area (TPSA) is 79.8 Å². The van der Waals surface area contributed by atoms with E-state index < -0.39 is 0 Å². The lowest BCUT2D eigenvalue weighted by Gasteiger charge is -2.07. The van der Waals surface area contributed by atoms with E-state index in [1.165, 1.54) is 6.92 Å². The van der Waals surface area contributed by atoms with Crippen molar-refractivity contribution in [1.29, 1.82) is 0 Å². The number of oxime groups is 1. The Morgan fingerprint density at radius 3 is 2.31 bits per heavy atom. The molecule has 0 atom stereocenters. The summed E-state index contributed by atoms with van der Waals surface area (Å²) in [6.07, 6.45) is 0. The Bertz CT molecular complexity index is 832. The Labute approximate surface area is 160 Å². The van der Waals surface area contributed by atoms with Crippen LogP contribution in [-0.2, 0) is 14.4 Å². The molecule has 0 bridgehead atoms. The Morgan fingerprint density at radius 1 is 1.04 bits per heavy atom. The zero-order valence-corrected chi connectivity index (χ0v) is 16.4. The van der Waals surface area contributed by atoms with E-state index >= 15 is 0 Å². The summed E-state index contributed by atoms with van der Waals surface area (Å²) in [6.45, 7) is 5.00. The van der Waals surface area contributed by atoms with E-state index in [0.29, 0.717) is 17.1 Å². The van der Waals surface area contributed by atoms with Gasteiger partial charge >= 0.3 is 0 Å². The number of carbonyl (C=O) groups excluding carboxylic acids is 2. The first kappa shape index (κ1) is 19.7. The normalized spacial score (nSPS) is 11.0. The largest absolute Gasteiger partial charge is 0.385 e. The Morgan fingerprint density at radius 2 is 1.69 bits per heavy atom. The average Bonchev–Trinajstić information content (AvgIpc) is 2.58. The average molecular weight is 418 g/mol. The maximum atomic E-state index is 11.9. The standard InChI is InChI=1S/C19H20BrN3O3/c1-12-10-17(8-9-18(12)20)22-19(25)11-26-23-13(2)15-4-6-16(7-5-15)21-14(3)24/h4-10H,11H2,1-3H3,(H,21,24)(H,22,25)/b23-13+. The second-order valence-corrected chi connectivity index (χ2v) is 6.58. The van der Waals surface area contributed by atoms with E-state index in [9.17, 15) is 9.59 Å². The van der Waals surface area contributed by atoms with Crippen LogP contribution in [0.2, 0.25) is 0 Å². The fourth-order valence-electron chi connectivity index (χ4n) is 2.16. The van der Waals surface area contributed by atoms with Crippen LogP contribution in [-0.4, -0.2) is 24.1 Å². The van der Waals surface area contributed by atoms with Crippen molar-refractivity contribution in [3.05, 3.63) is 58.1 Å². The number of aryl methyl sites for hydroxylation is 1. The van der Waals surface area contributed by atoms with Crippen molar-refractivity contribution in [1.82, 2.24) is 0 Å². The van der Waals surface area contributed by atoms with Gasteiger partial charge in [-0.2, -0.15) is 0 Å². The summed E-state index contributed by atoms with van der Waals surface area (Å²) in [4.78, 5) is 28.1. The molecule has 0 aliphatic carbocycles. The number of hydrogen-bond acceptors (Lipinski definition) is 4. The highest BCUT2D eigenvalue weighted by atomic mass is 79.9. The molecule has 0 saturated carbocycles. The van der Waals surface area contributed by atoms with Crippen LogP contribution >= 0.6 is 15.9 Å². The van der Waals surface area contributed by atoms with Crippen molar-refractivity contribution in [2.24, 2.45) is 5.16 Å². The number of nitrogens with one attached hydrogen (secondary N) is 2. The van der Waals surface area contributed by atoms with Gasteiger partial charge in [0.05, 0.1) is 5.71 Å². The summed E-state index contributed by atoms with van der Waals surface area (Å²) in [5.74, 6) is -0.414. The minimum atomic E-state index is -0.288. The summed E-state index contributed by atoms with van der Waals surface area (Å²) in [6, 6.07) is 12.7. The van der Waals surface area contributed by atoms with E-state index in [1.807, 2.05) is 31.2 Å². The van der Waals surface area contributed by atoms with E-state index in [4.69, 9.17) is 4.84 Å². The molecule has 26 heavy (non-hydrogen) atoms. The molecule has 6 nitrogen and oxygen atoms in total. The molecule has 2 aromatic rings.